The molecule has 0 aliphatic heterocycles. The molecule has 2 rings (SSSR count). The highest BCUT2D eigenvalue weighted by Gasteiger charge is 2.04. The Morgan fingerprint density at radius 3 is 1.45 bits per heavy atom. The van der Waals surface area contributed by atoms with E-state index < -0.39 is 0 Å². The van der Waals surface area contributed by atoms with Crippen LogP contribution in [0.1, 0.15) is 102 Å². The number of halogens is 2. The van der Waals surface area contributed by atoms with Gasteiger partial charge in [0.25, 0.3) is 0 Å². The van der Waals surface area contributed by atoms with Gasteiger partial charge in [0.15, 0.2) is 0 Å². The molecular formula is C36H62Cl2N2O4. The summed E-state index contributed by atoms with van der Waals surface area (Å²) in [7, 11) is 1.68. The van der Waals surface area contributed by atoms with E-state index >= 15 is 0 Å². The van der Waals surface area contributed by atoms with Crippen molar-refractivity contribution in [3.05, 3.63) is 54.1 Å². The van der Waals surface area contributed by atoms with E-state index in [1.807, 2.05) is 24.3 Å². The molecule has 0 unspecified atom stereocenters. The van der Waals surface area contributed by atoms with Crippen LogP contribution in [0.4, 0.5) is 0 Å². The predicted octanol–water partition coefficient (Wildman–Crippen LogP) is 9.51. The van der Waals surface area contributed by atoms with Crippen molar-refractivity contribution in [1.29, 1.82) is 0 Å². The lowest BCUT2D eigenvalue weighted by Crippen LogP contribution is -2.28. The number of carbonyl (C=O) groups is 1. The molecule has 2 aromatic carbocycles. The third-order valence-electron chi connectivity index (χ3n) is 6.90. The molecule has 0 radical (unpaired) electrons. The molecule has 1 N–H and O–H groups in total. The third-order valence-corrected chi connectivity index (χ3v) is 7.16. The molecule has 0 aromatic heterocycles. The van der Waals surface area contributed by atoms with Crippen LogP contribution in [0.5, 0.6) is 17.2 Å². The Morgan fingerprint density at radius 2 is 1.07 bits per heavy atom. The van der Waals surface area contributed by atoms with E-state index in [-0.39, 0.29) is 18.2 Å². The van der Waals surface area contributed by atoms with Gasteiger partial charge in [-0.05, 0) is 120 Å². The zero-order valence-corrected chi connectivity index (χ0v) is 29.8. The molecule has 0 fully saturated rings. The molecule has 0 atom stereocenters. The van der Waals surface area contributed by atoms with Crippen LogP contribution in [-0.2, 0) is 0 Å². The van der Waals surface area contributed by atoms with Gasteiger partial charge in [0.05, 0.1) is 13.7 Å². The van der Waals surface area contributed by atoms with Crippen LogP contribution >= 0.6 is 24.0 Å². The van der Waals surface area contributed by atoms with Crippen molar-refractivity contribution < 1.29 is 19.4 Å². The van der Waals surface area contributed by atoms with Crippen LogP contribution in [0.3, 0.4) is 0 Å². The SMILES string of the molecule is CCCCN(CCCC)CCCCl.CCCCN(CCCC)CCCOc1ccc(OC)cc1.Cl.O=Cc1ccc(O)cc1. The summed E-state index contributed by atoms with van der Waals surface area (Å²) in [6.45, 7) is 17.1. The normalized spacial score (nSPS) is 10.3. The Labute approximate surface area is 280 Å². The number of aromatic hydroxyl groups is 1. The van der Waals surface area contributed by atoms with E-state index in [2.05, 4.69) is 37.5 Å². The van der Waals surface area contributed by atoms with E-state index in [0.717, 1.165) is 49.7 Å². The predicted molar refractivity (Wildman–Crippen MR) is 192 cm³/mol. The maximum Gasteiger partial charge on any atom is 0.150 e. The Hall–Kier alpha value is -1.99. The summed E-state index contributed by atoms with van der Waals surface area (Å²) < 4.78 is 10.9. The van der Waals surface area contributed by atoms with Crippen LogP contribution in [-0.4, -0.2) is 80.1 Å². The number of unbranched alkanes of at least 4 members (excludes halogenated alkanes) is 4. The van der Waals surface area contributed by atoms with Gasteiger partial charge in [-0.15, -0.1) is 24.0 Å². The van der Waals surface area contributed by atoms with E-state index in [9.17, 15) is 4.79 Å². The Kier molecular flexibility index (Phi) is 32.5. The molecule has 0 spiro atoms. The minimum Gasteiger partial charge on any atom is -0.508 e. The number of hydrogen-bond acceptors (Lipinski definition) is 6. The van der Waals surface area contributed by atoms with E-state index in [1.54, 1.807) is 19.2 Å². The molecule has 0 saturated carbocycles. The second-order valence-corrected chi connectivity index (χ2v) is 11.1. The van der Waals surface area contributed by atoms with Gasteiger partial charge in [-0.3, -0.25) is 4.79 Å². The fourth-order valence-corrected chi connectivity index (χ4v) is 4.30. The number of carbonyl (C=O) groups excluding carboxylic acids is 1. The van der Waals surface area contributed by atoms with Crippen molar-refractivity contribution in [2.45, 2.75) is 91.9 Å². The average Bonchev–Trinajstić information content (AvgIpc) is 3.04. The van der Waals surface area contributed by atoms with Crippen molar-refractivity contribution >= 4 is 30.3 Å². The largest absolute Gasteiger partial charge is 0.508 e. The molecule has 0 bridgehead atoms. The van der Waals surface area contributed by atoms with Crippen LogP contribution in [0.2, 0.25) is 0 Å². The fraction of sp³-hybridized carbons (Fsp3) is 0.639. The van der Waals surface area contributed by atoms with Gasteiger partial charge >= 0.3 is 0 Å². The molecule has 44 heavy (non-hydrogen) atoms. The first-order chi connectivity index (χ1) is 21.0. The zero-order valence-electron chi connectivity index (χ0n) is 28.3. The Balaban J connectivity index is 0. The van der Waals surface area contributed by atoms with Crippen LogP contribution in [0.15, 0.2) is 48.5 Å². The number of phenols is 1. The fourth-order valence-electron chi connectivity index (χ4n) is 4.18. The number of phenolic OH excluding ortho intramolecular Hbond substituents is 1. The Bertz CT molecular complexity index is 842. The standard InChI is InChI=1S/C18H31NO2.C11H24ClN.C7H6O2.ClH/c1-4-6-13-19(14-7-5-2)15-8-16-21-18-11-9-17(20-3)10-12-18;1-3-5-9-13(10-6-4-2)11-7-8-12;8-5-6-1-3-7(9)4-2-6;/h9-12H,4-8,13-16H2,1-3H3;3-11H2,1-2H3;1-5,9H;1H. The minimum atomic E-state index is 0. The lowest BCUT2D eigenvalue weighted by atomic mass is 10.2. The minimum absolute atomic E-state index is 0. The monoisotopic (exact) mass is 656 g/mol. The molecule has 0 amide bonds. The second-order valence-electron chi connectivity index (χ2n) is 10.7. The summed E-state index contributed by atoms with van der Waals surface area (Å²) in [5.74, 6) is 2.77. The molecule has 2 aromatic rings. The van der Waals surface area contributed by atoms with Crippen molar-refractivity contribution in [1.82, 2.24) is 9.80 Å². The third kappa shape index (κ3) is 25.3. The van der Waals surface area contributed by atoms with Crippen molar-refractivity contribution in [3.8, 4) is 17.2 Å². The second kappa shape index (κ2) is 32.4. The lowest BCUT2D eigenvalue weighted by Gasteiger charge is -2.21. The van der Waals surface area contributed by atoms with Gasteiger partial charge in [-0.25, -0.2) is 0 Å². The van der Waals surface area contributed by atoms with Crippen LogP contribution in [0, 0.1) is 0 Å². The average molecular weight is 658 g/mol. The summed E-state index contributed by atoms with van der Waals surface area (Å²) in [4.78, 5) is 15.2. The van der Waals surface area contributed by atoms with Crippen LogP contribution in [0.25, 0.3) is 0 Å². The smallest absolute Gasteiger partial charge is 0.150 e. The van der Waals surface area contributed by atoms with Gasteiger partial charge in [-0.1, -0.05) is 53.4 Å². The Morgan fingerprint density at radius 1 is 0.659 bits per heavy atom. The number of rotatable bonds is 22. The number of alkyl halides is 1. The number of benzene rings is 2. The van der Waals surface area contributed by atoms with Gasteiger partial charge in [0.2, 0.25) is 0 Å². The first-order valence-electron chi connectivity index (χ1n) is 16.5. The zero-order chi connectivity index (χ0) is 32.0. The quantitative estimate of drug-likeness (QED) is 0.0773. The topological polar surface area (TPSA) is 62.2 Å². The number of methoxy groups -OCH3 is 1. The molecule has 0 saturated heterocycles. The van der Waals surface area contributed by atoms with E-state index in [1.165, 1.54) is 96.2 Å². The molecule has 0 heterocycles. The molecular weight excluding hydrogens is 595 g/mol. The highest BCUT2D eigenvalue weighted by atomic mass is 35.5. The highest BCUT2D eigenvalue weighted by molar-refractivity contribution is 6.17. The van der Waals surface area contributed by atoms with E-state index in [0.29, 0.717) is 5.56 Å². The molecule has 254 valence electrons. The van der Waals surface area contributed by atoms with Crippen molar-refractivity contribution in [3.63, 3.8) is 0 Å². The summed E-state index contributed by atoms with van der Waals surface area (Å²) in [6, 6.07) is 13.9. The number of nitrogens with zero attached hydrogens (tertiary/aromatic N) is 2. The maximum absolute atomic E-state index is 10.0. The molecule has 0 aliphatic carbocycles. The van der Waals surface area contributed by atoms with Crippen LogP contribution < -0.4 is 9.47 Å². The summed E-state index contributed by atoms with van der Waals surface area (Å²) in [6.07, 6.45) is 13.3. The lowest BCUT2D eigenvalue weighted by molar-refractivity contribution is 0.112. The summed E-state index contributed by atoms with van der Waals surface area (Å²) in [5, 5.41) is 8.74. The molecule has 0 aliphatic rings. The maximum atomic E-state index is 10.0. The van der Waals surface area contributed by atoms with Gasteiger partial charge in [0, 0.05) is 18.0 Å². The highest BCUT2D eigenvalue weighted by Crippen LogP contribution is 2.17. The first-order valence-corrected chi connectivity index (χ1v) is 17.0. The molecule has 8 heteroatoms. The van der Waals surface area contributed by atoms with E-state index in [4.69, 9.17) is 26.2 Å². The number of aldehydes is 1. The van der Waals surface area contributed by atoms with Gasteiger partial charge in [-0.2, -0.15) is 0 Å². The number of hydrogen-bond donors (Lipinski definition) is 1. The summed E-state index contributed by atoms with van der Waals surface area (Å²) >= 11 is 5.69. The van der Waals surface area contributed by atoms with Crippen molar-refractivity contribution in [2.24, 2.45) is 0 Å². The van der Waals surface area contributed by atoms with Gasteiger partial charge in [0.1, 0.15) is 23.5 Å². The molecule has 6 nitrogen and oxygen atoms in total. The summed E-state index contributed by atoms with van der Waals surface area (Å²) in [5.41, 5.74) is 0.577. The first kappa shape index (κ1) is 44.1. The van der Waals surface area contributed by atoms with Gasteiger partial charge < -0.3 is 24.4 Å². The number of ether oxygens (including phenoxy) is 2. The van der Waals surface area contributed by atoms with Crippen molar-refractivity contribution in [2.75, 3.05) is 58.9 Å².